The van der Waals surface area contributed by atoms with Gasteiger partial charge >= 0.3 is 0 Å². The molecule has 1 saturated heterocycles. The van der Waals surface area contributed by atoms with Crippen molar-refractivity contribution in [1.82, 2.24) is 5.32 Å². The number of carbonyl (C=O) groups excluding carboxylic acids is 2. The number of rotatable bonds is 3. The van der Waals surface area contributed by atoms with E-state index in [1.54, 1.807) is 0 Å². The first-order chi connectivity index (χ1) is 12.0. The molecule has 0 spiro atoms. The van der Waals surface area contributed by atoms with Crippen LogP contribution in [0.25, 0.3) is 0 Å². The summed E-state index contributed by atoms with van der Waals surface area (Å²) in [6, 6.07) is 7.31. The fourth-order valence-electron chi connectivity index (χ4n) is 6.37. The average molecular weight is 338 g/mol. The summed E-state index contributed by atoms with van der Waals surface area (Å²) in [5.41, 5.74) is 1.94. The number of amides is 2. The van der Waals surface area contributed by atoms with Crippen LogP contribution in [0.3, 0.4) is 0 Å². The SMILES string of the molecule is Cc1ccc(N2C(=O)C[C@@H](NC34CC5CC(CC(C5)C3)C4)C2=O)cc1. The van der Waals surface area contributed by atoms with Crippen LogP contribution in [0.5, 0.6) is 0 Å². The molecular formula is C21H26N2O2. The van der Waals surface area contributed by atoms with E-state index in [0.717, 1.165) is 23.3 Å². The summed E-state index contributed by atoms with van der Waals surface area (Å²) in [5, 5.41) is 3.70. The molecule has 1 heterocycles. The molecule has 4 aliphatic carbocycles. The standard InChI is InChI=1S/C21H26N2O2/c1-13-2-4-17(5-3-13)23-19(24)9-18(20(23)25)22-21-10-14-6-15(11-21)8-16(7-14)12-21/h2-5,14-16,18,22H,6-12H2,1H3/t14?,15?,16?,18-,21?/m1/s1. The maximum absolute atomic E-state index is 13.0. The van der Waals surface area contributed by atoms with Crippen molar-refractivity contribution in [3.05, 3.63) is 29.8 Å². The van der Waals surface area contributed by atoms with Crippen molar-refractivity contribution in [1.29, 1.82) is 0 Å². The molecule has 1 aliphatic heterocycles. The minimum absolute atomic E-state index is 0.0652. The zero-order chi connectivity index (χ0) is 17.2. The Labute approximate surface area is 149 Å². The van der Waals surface area contributed by atoms with Crippen molar-refractivity contribution < 1.29 is 9.59 Å². The van der Waals surface area contributed by atoms with E-state index in [1.807, 2.05) is 31.2 Å². The molecule has 2 amide bonds. The summed E-state index contributed by atoms with van der Waals surface area (Å²) in [6.45, 7) is 2.01. The van der Waals surface area contributed by atoms with Gasteiger partial charge in [0.2, 0.25) is 5.91 Å². The molecule has 4 nitrogen and oxygen atoms in total. The first-order valence-electron chi connectivity index (χ1n) is 9.72. The lowest BCUT2D eigenvalue weighted by Gasteiger charge is -2.57. The van der Waals surface area contributed by atoms with E-state index in [0.29, 0.717) is 12.1 Å². The summed E-state index contributed by atoms with van der Waals surface area (Å²) in [5.74, 6) is 2.36. The van der Waals surface area contributed by atoms with Crippen molar-refractivity contribution in [3.63, 3.8) is 0 Å². The van der Waals surface area contributed by atoms with Gasteiger partial charge in [0.05, 0.1) is 18.2 Å². The van der Waals surface area contributed by atoms with Gasteiger partial charge in [-0.25, -0.2) is 4.90 Å². The van der Waals surface area contributed by atoms with Gasteiger partial charge < -0.3 is 0 Å². The van der Waals surface area contributed by atoms with Crippen LogP contribution < -0.4 is 10.2 Å². The zero-order valence-electron chi connectivity index (χ0n) is 14.8. The normalized spacial score (nSPS) is 39.5. The predicted molar refractivity (Wildman–Crippen MR) is 96.1 cm³/mol. The fraction of sp³-hybridized carbons (Fsp3) is 0.619. The molecule has 0 radical (unpaired) electrons. The van der Waals surface area contributed by atoms with Crippen LogP contribution in [0.15, 0.2) is 24.3 Å². The molecule has 1 N–H and O–H groups in total. The lowest BCUT2D eigenvalue weighted by molar-refractivity contribution is -0.122. The third-order valence-corrected chi connectivity index (χ3v) is 6.96. The van der Waals surface area contributed by atoms with E-state index in [2.05, 4.69) is 5.32 Å². The molecule has 1 aromatic carbocycles. The fourth-order valence-corrected chi connectivity index (χ4v) is 6.37. The molecule has 4 bridgehead atoms. The number of benzene rings is 1. The maximum Gasteiger partial charge on any atom is 0.251 e. The van der Waals surface area contributed by atoms with Gasteiger partial charge in [0.25, 0.3) is 5.91 Å². The molecule has 4 saturated carbocycles. The molecule has 6 rings (SSSR count). The number of nitrogens with one attached hydrogen (secondary N) is 1. The zero-order valence-corrected chi connectivity index (χ0v) is 14.8. The van der Waals surface area contributed by atoms with Crippen molar-refractivity contribution >= 4 is 17.5 Å². The quantitative estimate of drug-likeness (QED) is 0.861. The Balaban J connectivity index is 1.36. The maximum atomic E-state index is 13.0. The monoisotopic (exact) mass is 338 g/mol. The molecule has 4 heteroatoms. The van der Waals surface area contributed by atoms with Gasteiger partial charge in [-0.1, -0.05) is 17.7 Å². The van der Waals surface area contributed by atoms with Crippen LogP contribution in [-0.2, 0) is 9.59 Å². The number of carbonyl (C=O) groups is 2. The number of nitrogens with zero attached hydrogens (tertiary/aromatic N) is 1. The van der Waals surface area contributed by atoms with Gasteiger partial charge in [-0.2, -0.15) is 0 Å². The molecule has 5 aliphatic rings. The Bertz CT molecular complexity index is 689. The molecule has 1 aromatic rings. The molecule has 0 aromatic heterocycles. The summed E-state index contributed by atoms with van der Waals surface area (Å²) in [7, 11) is 0. The lowest BCUT2D eigenvalue weighted by atomic mass is 9.53. The van der Waals surface area contributed by atoms with E-state index < -0.39 is 0 Å². The van der Waals surface area contributed by atoms with E-state index in [9.17, 15) is 9.59 Å². The molecule has 5 fully saturated rings. The Hall–Kier alpha value is -1.68. The highest BCUT2D eigenvalue weighted by molar-refractivity contribution is 6.22. The summed E-state index contributed by atoms with van der Waals surface area (Å²) in [4.78, 5) is 26.9. The summed E-state index contributed by atoms with van der Waals surface area (Å²) >= 11 is 0. The Kier molecular flexibility index (Phi) is 3.37. The second-order valence-electron chi connectivity index (χ2n) is 9.00. The highest BCUT2D eigenvalue weighted by atomic mass is 16.2. The predicted octanol–water partition coefficient (Wildman–Crippen LogP) is 3.19. The highest BCUT2D eigenvalue weighted by Gasteiger charge is 2.53. The number of hydrogen-bond acceptors (Lipinski definition) is 3. The second kappa shape index (κ2) is 5.41. The van der Waals surface area contributed by atoms with Gasteiger partial charge in [-0.05, 0) is 75.3 Å². The summed E-state index contributed by atoms with van der Waals surface area (Å²) in [6.07, 6.45) is 8.04. The molecular weight excluding hydrogens is 312 g/mol. The van der Waals surface area contributed by atoms with Gasteiger partial charge in [-0.3, -0.25) is 14.9 Å². The van der Waals surface area contributed by atoms with Gasteiger partial charge in [0.1, 0.15) is 0 Å². The molecule has 0 unspecified atom stereocenters. The first-order valence-corrected chi connectivity index (χ1v) is 9.72. The Morgan fingerprint density at radius 2 is 1.52 bits per heavy atom. The van der Waals surface area contributed by atoms with Crippen LogP contribution in [0, 0.1) is 24.7 Å². The highest BCUT2D eigenvalue weighted by Crippen LogP contribution is 2.55. The van der Waals surface area contributed by atoms with Crippen molar-refractivity contribution in [2.24, 2.45) is 17.8 Å². The second-order valence-corrected chi connectivity index (χ2v) is 9.00. The number of aryl methyl sites for hydroxylation is 1. The smallest absolute Gasteiger partial charge is 0.251 e. The van der Waals surface area contributed by atoms with E-state index in [4.69, 9.17) is 0 Å². The first kappa shape index (κ1) is 15.6. The van der Waals surface area contributed by atoms with Gasteiger partial charge in [-0.15, -0.1) is 0 Å². The molecule has 1 atom stereocenters. The van der Waals surface area contributed by atoms with Crippen molar-refractivity contribution in [2.45, 2.75) is 63.5 Å². The third kappa shape index (κ3) is 2.53. The topological polar surface area (TPSA) is 49.4 Å². The van der Waals surface area contributed by atoms with E-state index in [1.165, 1.54) is 43.4 Å². The third-order valence-electron chi connectivity index (χ3n) is 6.96. The van der Waals surface area contributed by atoms with Crippen LogP contribution in [0.1, 0.15) is 50.5 Å². The number of hydrogen-bond donors (Lipinski definition) is 1. The lowest BCUT2D eigenvalue weighted by Crippen LogP contribution is -2.61. The Morgan fingerprint density at radius 1 is 0.960 bits per heavy atom. The van der Waals surface area contributed by atoms with Crippen molar-refractivity contribution in [2.75, 3.05) is 4.90 Å². The average Bonchev–Trinajstić information content (AvgIpc) is 2.80. The van der Waals surface area contributed by atoms with E-state index >= 15 is 0 Å². The summed E-state index contributed by atoms with van der Waals surface area (Å²) < 4.78 is 0. The van der Waals surface area contributed by atoms with Crippen molar-refractivity contribution in [3.8, 4) is 0 Å². The number of anilines is 1. The minimum Gasteiger partial charge on any atom is -0.300 e. The van der Waals surface area contributed by atoms with Crippen LogP contribution in [-0.4, -0.2) is 23.4 Å². The molecule has 132 valence electrons. The minimum atomic E-state index is -0.343. The van der Waals surface area contributed by atoms with Crippen LogP contribution in [0.4, 0.5) is 5.69 Å². The van der Waals surface area contributed by atoms with Gasteiger partial charge in [0, 0.05) is 5.54 Å². The van der Waals surface area contributed by atoms with Crippen LogP contribution in [0.2, 0.25) is 0 Å². The Morgan fingerprint density at radius 3 is 2.08 bits per heavy atom. The molecule has 25 heavy (non-hydrogen) atoms. The van der Waals surface area contributed by atoms with Crippen LogP contribution >= 0.6 is 0 Å². The largest absolute Gasteiger partial charge is 0.300 e. The van der Waals surface area contributed by atoms with E-state index in [-0.39, 0.29) is 23.4 Å². The number of imide groups is 1. The van der Waals surface area contributed by atoms with Gasteiger partial charge in [0.15, 0.2) is 0 Å².